The van der Waals surface area contributed by atoms with E-state index in [1.54, 1.807) is 6.20 Å². The number of rotatable bonds is 6. The lowest BCUT2D eigenvalue weighted by Crippen LogP contribution is -2.34. The van der Waals surface area contributed by atoms with E-state index in [0.29, 0.717) is 23.2 Å². The number of H-pyrrole nitrogens is 1. The number of carbonyl (C=O) groups is 1. The molecule has 33 heavy (non-hydrogen) atoms. The summed E-state index contributed by atoms with van der Waals surface area (Å²) in [5.41, 5.74) is 4.71. The van der Waals surface area contributed by atoms with Crippen LogP contribution < -0.4 is 0 Å². The van der Waals surface area contributed by atoms with E-state index in [4.69, 9.17) is 21.3 Å². The number of aromatic amines is 1. The van der Waals surface area contributed by atoms with Gasteiger partial charge in [-0.2, -0.15) is 0 Å². The van der Waals surface area contributed by atoms with Crippen LogP contribution in [-0.2, 0) is 16.1 Å². The molecule has 0 bridgehead atoms. The van der Waals surface area contributed by atoms with Crippen LogP contribution in [0.1, 0.15) is 36.0 Å². The van der Waals surface area contributed by atoms with Gasteiger partial charge in [0, 0.05) is 23.3 Å². The molecule has 7 nitrogen and oxygen atoms in total. The van der Waals surface area contributed by atoms with Crippen LogP contribution in [0.2, 0.25) is 5.02 Å². The average molecular weight is 462 g/mol. The van der Waals surface area contributed by atoms with Gasteiger partial charge in [-0.25, -0.2) is 15.0 Å². The number of hydrogen-bond donors (Lipinski definition) is 1. The highest BCUT2D eigenvalue weighted by Crippen LogP contribution is 2.32. The highest BCUT2D eigenvalue weighted by Gasteiger charge is 2.31. The predicted octanol–water partition coefficient (Wildman–Crippen LogP) is 4.86. The van der Waals surface area contributed by atoms with Crippen LogP contribution in [0.5, 0.6) is 0 Å². The van der Waals surface area contributed by atoms with Crippen LogP contribution in [0.4, 0.5) is 0 Å². The van der Waals surface area contributed by atoms with Crippen molar-refractivity contribution in [2.45, 2.75) is 32.4 Å². The number of halogens is 1. The number of benzene rings is 2. The summed E-state index contributed by atoms with van der Waals surface area (Å²) >= 11 is 6.12. The zero-order valence-electron chi connectivity index (χ0n) is 18.3. The SMILES string of the molecule is Cc1ccc2nc(COCC(=O)N3CCC[C@@H]3c3ccnc(-c4cccc(Cl)c4)n3)[nH]c2c1. The normalized spacial score (nSPS) is 15.9. The molecule has 2 aromatic carbocycles. The van der Waals surface area contributed by atoms with E-state index in [2.05, 4.69) is 15.0 Å². The number of carbonyl (C=O) groups excluding carboxylic acids is 1. The zero-order valence-corrected chi connectivity index (χ0v) is 19.0. The topological polar surface area (TPSA) is 84.0 Å². The summed E-state index contributed by atoms with van der Waals surface area (Å²) in [6.45, 7) is 2.98. The van der Waals surface area contributed by atoms with Gasteiger partial charge < -0.3 is 14.6 Å². The highest BCUT2D eigenvalue weighted by molar-refractivity contribution is 6.30. The first kappa shape index (κ1) is 21.6. The Morgan fingerprint density at radius 3 is 3.00 bits per heavy atom. The molecule has 0 spiro atoms. The molecule has 1 N–H and O–H groups in total. The summed E-state index contributed by atoms with van der Waals surface area (Å²) < 4.78 is 5.71. The van der Waals surface area contributed by atoms with Gasteiger partial charge in [-0.3, -0.25) is 4.79 Å². The third-order valence-electron chi connectivity index (χ3n) is 5.83. The molecule has 0 radical (unpaired) electrons. The van der Waals surface area contributed by atoms with Gasteiger partial charge in [-0.15, -0.1) is 0 Å². The maximum absolute atomic E-state index is 12.9. The van der Waals surface area contributed by atoms with Crippen LogP contribution >= 0.6 is 11.6 Å². The van der Waals surface area contributed by atoms with Gasteiger partial charge in [-0.05, 0) is 55.7 Å². The number of nitrogens with zero attached hydrogens (tertiary/aromatic N) is 4. The molecule has 3 heterocycles. The van der Waals surface area contributed by atoms with E-state index in [9.17, 15) is 4.79 Å². The summed E-state index contributed by atoms with van der Waals surface area (Å²) in [6.07, 6.45) is 3.52. The molecule has 0 saturated carbocycles. The molecule has 1 aliphatic heterocycles. The molecule has 4 aromatic rings. The fourth-order valence-corrected chi connectivity index (χ4v) is 4.45. The van der Waals surface area contributed by atoms with Crippen LogP contribution in [0, 0.1) is 6.92 Å². The molecule has 0 aliphatic carbocycles. The van der Waals surface area contributed by atoms with Crippen molar-refractivity contribution in [1.82, 2.24) is 24.8 Å². The van der Waals surface area contributed by atoms with Crippen molar-refractivity contribution in [3.8, 4) is 11.4 Å². The summed E-state index contributed by atoms with van der Waals surface area (Å²) in [4.78, 5) is 31.7. The van der Waals surface area contributed by atoms with Crippen LogP contribution in [0.3, 0.4) is 0 Å². The third-order valence-corrected chi connectivity index (χ3v) is 6.06. The van der Waals surface area contributed by atoms with Crippen molar-refractivity contribution in [2.75, 3.05) is 13.2 Å². The van der Waals surface area contributed by atoms with Crippen molar-refractivity contribution in [2.24, 2.45) is 0 Å². The fourth-order valence-electron chi connectivity index (χ4n) is 4.26. The first-order valence-corrected chi connectivity index (χ1v) is 11.4. The lowest BCUT2D eigenvalue weighted by molar-refractivity contribution is -0.137. The molecular weight excluding hydrogens is 438 g/mol. The highest BCUT2D eigenvalue weighted by atomic mass is 35.5. The van der Waals surface area contributed by atoms with E-state index in [-0.39, 0.29) is 25.2 Å². The molecular formula is C25H24ClN5O2. The predicted molar refractivity (Wildman–Crippen MR) is 127 cm³/mol. The Bertz CT molecular complexity index is 1300. The van der Waals surface area contributed by atoms with Gasteiger partial charge in [-0.1, -0.05) is 29.8 Å². The number of ether oxygens (including phenoxy) is 1. The second-order valence-electron chi connectivity index (χ2n) is 8.26. The molecule has 168 valence electrons. The Kier molecular flexibility index (Phi) is 6.07. The lowest BCUT2D eigenvalue weighted by atomic mass is 10.1. The zero-order chi connectivity index (χ0) is 22.8. The van der Waals surface area contributed by atoms with Gasteiger partial charge in [0.25, 0.3) is 0 Å². The minimum absolute atomic E-state index is 0.00118. The van der Waals surface area contributed by atoms with Crippen molar-refractivity contribution in [1.29, 1.82) is 0 Å². The van der Waals surface area contributed by atoms with Crippen molar-refractivity contribution < 1.29 is 9.53 Å². The Morgan fingerprint density at radius 1 is 1.21 bits per heavy atom. The van der Waals surface area contributed by atoms with Gasteiger partial charge in [0.15, 0.2) is 5.82 Å². The molecule has 1 aliphatic rings. The Labute approximate surface area is 196 Å². The minimum atomic E-state index is -0.0868. The summed E-state index contributed by atoms with van der Waals surface area (Å²) in [5, 5.41) is 0.635. The van der Waals surface area contributed by atoms with E-state index < -0.39 is 0 Å². The number of imidazole rings is 1. The van der Waals surface area contributed by atoms with E-state index >= 15 is 0 Å². The average Bonchev–Trinajstić information content (AvgIpc) is 3.46. The van der Waals surface area contributed by atoms with E-state index in [1.165, 1.54) is 0 Å². The molecule has 1 atom stereocenters. The molecule has 0 unspecified atom stereocenters. The molecule has 1 fully saturated rings. The van der Waals surface area contributed by atoms with Crippen molar-refractivity contribution >= 4 is 28.5 Å². The summed E-state index contributed by atoms with van der Waals surface area (Å²) in [5.74, 6) is 1.27. The molecule has 5 rings (SSSR count). The number of fused-ring (bicyclic) bond motifs is 1. The van der Waals surface area contributed by atoms with Crippen molar-refractivity contribution in [3.05, 3.63) is 76.8 Å². The van der Waals surface area contributed by atoms with Crippen LogP contribution in [0.25, 0.3) is 22.4 Å². The fraction of sp³-hybridized carbons (Fsp3) is 0.280. The second-order valence-corrected chi connectivity index (χ2v) is 8.69. The minimum Gasteiger partial charge on any atom is -0.364 e. The van der Waals surface area contributed by atoms with Gasteiger partial charge in [0.05, 0.1) is 22.8 Å². The summed E-state index contributed by atoms with van der Waals surface area (Å²) in [7, 11) is 0. The first-order valence-electron chi connectivity index (χ1n) is 11.0. The number of aryl methyl sites for hydroxylation is 1. The Morgan fingerprint density at radius 2 is 2.12 bits per heavy atom. The molecule has 8 heteroatoms. The number of amides is 1. The van der Waals surface area contributed by atoms with E-state index in [0.717, 1.165) is 40.7 Å². The maximum Gasteiger partial charge on any atom is 0.249 e. The molecule has 1 saturated heterocycles. The quantitative estimate of drug-likeness (QED) is 0.443. The van der Waals surface area contributed by atoms with Gasteiger partial charge >= 0.3 is 0 Å². The van der Waals surface area contributed by atoms with E-state index in [1.807, 2.05) is 60.4 Å². The maximum atomic E-state index is 12.9. The smallest absolute Gasteiger partial charge is 0.249 e. The number of aromatic nitrogens is 4. The Balaban J connectivity index is 1.24. The van der Waals surface area contributed by atoms with Crippen molar-refractivity contribution in [3.63, 3.8) is 0 Å². The Hall–Kier alpha value is -3.29. The van der Waals surface area contributed by atoms with Gasteiger partial charge in [0.2, 0.25) is 5.91 Å². The standard InChI is InChI=1S/C25H24ClN5O2/c1-16-7-8-19-21(12-16)29-23(28-19)14-33-15-24(32)31-11-3-6-22(31)20-9-10-27-25(30-20)17-4-2-5-18(26)13-17/h2,4-5,7-10,12-13,22H,3,6,11,14-15H2,1H3,(H,28,29)/t22-/m1/s1. The first-order chi connectivity index (χ1) is 16.1. The largest absolute Gasteiger partial charge is 0.364 e. The second kappa shape index (κ2) is 9.29. The molecule has 1 amide bonds. The number of likely N-dealkylation sites (tertiary alicyclic amines) is 1. The van der Waals surface area contributed by atoms with Crippen LogP contribution in [-0.4, -0.2) is 43.9 Å². The van der Waals surface area contributed by atoms with Crippen LogP contribution in [0.15, 0.2) is 54.7 Å². The summed E-state index contributed by atoms with van der Waals surface area (Å²) in [6, 6.07) is 15.3. The molecule has 2 aromatic heterocycles. The monoisotopic (exact) mass is 461 g/mol. The third kappa shape index (κ3) is 4.74. The number of hydrogen-bond acceptors (Lipinski definition) is 5. The lowest BCUT2D eigenvalue weighted by Gasteiger charge is -2.24. The number of nitrogens with one attached hydrogen (secondary N) is 1. The van der Waals surface area contributed by atoms with Gasteiger partial charge in [0.1, 0.15) is 19.0 Å².